The minimum absolute atomic E-state index is 0.204. The lowest BCUT2D eigenvalue weighted by Crippen LogP contribution is -2.24. The molecular formula is C11H17NO. The molecule has 0 aromatic heterocycles. The first-order chi connectivity index (χ1) is 6.20. The number of hydrogen-bond donors (Lipinski definition) is 0. The van der Waals surface area contributed by atoms with E-state index in [0.717, 1.165) is 18.8 Å². The molecule has 0 radical (unpaired) electrons. The fourth-order valence-electron chi connectivity index (χ4n) is 2.17. The van der Waals surface area contributed by atoms with Gasteiger partial charge in [-0.2, -0.15) is 0 Å². The van der Waals surface area contributed by atoms with Crippen molar-refractivity contribution in [2.24, 2.45) is 11.8 Å². The Morgan fingerprint density at radius 2 is 1.92 bits per heavy atom. The molecule has 2 nitrogen and oxygen atoms in total. The van der Waals surface area contributed by atoms with Crippen molar-refractivity contribution in [3.63, 3.8) is 0 Å². The zero-order chi connectivity index (χ0) is 9.42. The van der Waals surface area contributed by atoms with Crippen molar-refractivity contribution in [2.45, 2.75) is 26.7 Å². The molecule has 2 heteroatoms. The van der Waals surface area contributed by atoms with E-state index >= 15 is 0 Å². The first kappa shape index (κ1) is 8.79. The van der Waals surface area contributed by atoms with Gasteiger partial charge in [0, 0.05) is 19.0 Å². The van der Waals surface area contributed by atoms with E-state index in [1.54, 1.807) is 0 Å². The van der Waals surface area contributed by atoms with Crippen LogP contribution in [0.4, 0.5) is 0 Å². The Labute approximate surface area is 79.6 Å². The fraction of sp³-hybridized carbons (Fsp3) is 0.727. The molecule has 0 spiro atoms. The maximum atomic E-state index is 11.8. The third kappa shape index (κ3) is 1.38. The summed E-state index contributed by atoms with van der Waals surface area (Å²) in [4.78, 5) is 14.0. The van der Waals surface area contributed by atoms with E-state index in [4.69, 9.17) is 0 Å². The van der Waals surface area contributed by atoms with E-state index in [2.05, 4.69) is 17.9 Å². The number of carbonyl (C=O) groups excluding carboxylic acids is 1. The lowest BCUT2D eigenvalue weighted by molar-refractivity contribution is -0.119. The molecule has 0 saturated carbocycles. The maximum absolute atomic E-state index is 11.8. The Morgan fingerprint density at radius 1 is 1.31 bits per heavy atom. The molecule has 0 unspecified atom stereocenters. The molecule has 0 aromatic carbocycles. The molecule has 1 aliphatic carbocycles. The average molecular weight is 179 g/mol. The second kappa shape index (κ2) is 3.17. The van der Waals surface area contributed by atoms with Gasteiger partial charge in [0.25, 0.3) is 0 Å². The van der Waals surface area contributed by atoms with Gasteiger partial charge in [-0.25, -0.2) is 0 Å². The van der Waals surface area contributed by atoms with E-state index < -0.39 is 0 Å². The lowest BCUT2D eigenvalue weighted by atomic mass is 9.99. The van der Waals surface area contributed by atoms with Gasteiger partial charge < -0.3 is 4.90 Å². The predicted octanol–water partition coefficient (Wildman–Crippen LogP) is 1.82. The van der Waals surface area contributed by atoms with Gasteiger partial charge in [-0.3, -0.25) is 4.79 Å². The summed E-state index contributed by atoms with van der Waals surface area (Å²) in [5.41, 5.74) is 0.998. The van der Waals surface area contributed by atoms with Crippen LogP contribution in [0.1, 0.15) is 26.7 Å². The van der Waals surface area contributed by atoms with Gasteiger partial charge in [-0.05, 0) is 18.8 Å². The Morgan fingerprint density at radius 3 is 2.38 bits per heavy atom. The summed E-state index contributed by atoms with van der Waals surface area (Å²) in [6.07, 6.45) is 4.64. The summed E-state index contributed by atoms with van der Waals surface area (Å²) < 4.78 is 0. The third-order valence-corrected chi connectivity index (χ3v) is 3.32. The first-order valence-corrected chi connectivity index (χ1v) is 5.21. The highest BCUT2D eigenvalue weighted by molar-refractivity contribution is 5.99. The van der Waals surface area contributed by atoms with Crippen molar-refractivity contribution in [2.75, 3.05) is 13.1 Å². The summed E-state index contributed by atoms with van der Waals surface area (Å²) >= 11 is 0. The molecule has 0 N–H and O–H groups in total. The normalized spacial score (nSPS) is 34.2. The summed E-state index contributed by atoms with van der Waals surface area (Å²) in [6.45, 7) is 6.33. The van der Waals surface area contributed by atoms with Crippen molar-refractivity contribution in [1.29, 1.82) is 0 Å². The topological polar surface area (TPSA) is 20.3 Å². The molecule has 0 amide bonds. The van der Waals surface area contributed by atoms with E-state index in [0.29, 0.717) is 11.7 Å². The van der Waals surface area contributed by atoms with Crippen LogP contribution < -0.4 is 0 Å². The first-order valence-electron chi connectivity index (χ1n) is 5.21. The Balaban J connectivity index is 2.15. The zero-order valence-corrected chi connectivity index (χ0v) is 8.42. The smallest absolute Gasteiger partial charge is 0.181 e. The predicted molar refractivity (Wildman–Crippen MR) is 52.2 cm³/mol. The highest BCUT2D eigenvalue weighted by atomic mass is 16.1. The van der Waals surface area contributed by atoms with Gasteiger partial charge >= 0.3 is 0 Å². The second-order valence-electron chi connectivity index (χ2n) is 4.26. The minimum atomic E-state index is 0.204. The van der Waals surface area contributed by atoms with Crippen LogP contribution >= 0.6 is 0 Å². The fourth-order valence-corrected chi connectivity index (χ4v) is 2.17. The highest BCUT2D eigenvalue weighted by Crippen LogP contribution is 2.30. The largest absolute Gasteiger partial charge is 0.369 e. The molecule has 2 atom stereocenters. The molecule has 72 valence electrons. The van der Waals surface area contributed by atoms with Gasteiger partial charge in [-0.1, -0.05) is 19.9 Å². The van der Waals surface area contributed by atoms with Crippen LogP contribution in [-0.2, 0) is 4.79 Å². The second-order valence-corrected chi connectivity index (χ2v) is 4.26. The van der Waals surface area contributed by atoms with Crippen LogP contribution in [0, 0.1) is 11.8 Å². The number of carbonyl (C=O) groups is 1. The van der Waals surface area contributed by atoms with Crippen LogP contribution in [0.5, 0.6) is 0 Å². The number of hydrogen-bond acceptors (Lipinski definition) is 2. The van der Waals surface area contributed by atoms with Gasteiger partial charge in [0.1, 0.15) is 0 Å². The van der Waals surface area contributed by atoms with Crippen molar-refractivity contribution in [3.05, 3.63) is 11.8 Å². The monoisotopic (exact) mass is 179 g/mol. The Hall–Kier alpha value is -0.790. The summed E-state index contributed by atoms with van der Waals surface area (Å²) in [5.74, 6) is 0.994. The SMILES string of the molecule is C[C@H]1C=C(N2CCCC2)C(=O)[C@@H]1C. The number of ketones is 1. The number of nitrogens with zero attached hydrogens (tertiary/aromatic N) is 1. The van der Waals surface area contributed by atoms with E-state index in [1.165, 1.54) is 12.8 Å². The van der Waals surface area contributed by atoms with Gasteiger partial charge in [0.05, 0.1) is 5.70 Å². The standard InChI is InChI=1S/C11H17NO/c1-8-7-10(11(13)9(8)2)12-5-3-4-6-12/h7-9H,3-6H2,1-2H3/t8-,9+/m0/s1. The van der Waals surface area contributed by atoms with Gasteiger partial charge in [0.15, 0.2) is 5.78 Å². The minimum Gasteiger partial charge on any atom is -0.369 e. The summed E-state index contributed by atoms with van der Waals surface area (Å²) in [7, 11) is 0. The van der Waals surface area contributed by atoms with E-state index in [-0.39, 0.29) is 5.92 Å². The molecule has 1 fully saturated rings. The Kier molecular flexibility index (Phi) is 2.14. The van der Waals surface area contributed by atoms with Crippen LogP contribution in [0.25, 0.3) is 0 Å². The quantitative estimate of drug-likeness (QED) is 0.612. The third-order valence-electron chi connectivity index (χ3n) is 3.32. The molecule has 1 heterocycles. The molecule has 0 aromatic rings. The molecule has 0 bridgehead atoms. The van der Waals surface area contributed by atoms with Crippen molar-refractivity contribution in [1.82, 2.24) is 4.90 Å². The zero-order valence-electron chi connectivity index (χ0n) is 8.42. The van der Waals surface area contributed by atoms with Crippen LogP contribution in [0.2, 0.25) is 0 Å². The molecular weight excluding hydrogens is 162 g/mol. The Bertz CT molecular complexity index is 251. The summed E-state index contributed by atoms with van der Waals surface area (Å²) in [5, 5.41) is 0. The molecule has 1 saturated heterocycles. The van der Waals surface area contributed by atoms with Crippen LogP contribution in [0.15, 0.2) is 11.8 Å². The van der Waals surface area contributed by atoms with Gasteiger partial charge in [-0.15, -0.1) is 0 Å². The summed E-state index contributed by atoms with van der Waals surface area (Å²) in [6, 6.07) is 0. The van der Waals surface area contributed by atoms with Crippen molar-refractivity contribution in [3.8, 4) is 0 Å². The van der Waals surface area contributed by atoms with Crippen molar-refractivity contribution >= 4 is 5.78 Å². The highest BCUT2D eigenvalue weighted by Gasteiger charge is 2.33. The lowest BCUT2D eigenvalue weighted by Gasteiger charge is -2.17. The molecule has 2 aliphatic rings. The van der Waals surface area contributed by atoms with E-state index in [9.17, 15) is 4.79 Å². The molecule has 13 heavy (non-hydrogen) atoms. The maximum Gasteiger partial charge on any atom is 0.181 e. The average Bonchev–Trinajstić information content (AvgIpc) is 2.70. The van der Waals surface area contributed by atoms with E-state index in [1.807, 2.05) is 6.92 Å². The molecule has 2 rings (SSSR count). The van der Waals surface area contributed by atoms with Gasteiger partial charge in [0.2, 0.25) is 0 Å². The van der Waals surface area contributed by atoms with Crippen LogP contribution in [0.3, 0.4) is 0 Å². The van der Waals surface area contributed by atoms with Crippen molar-refractivity contribution < 1.29 is 4.79 Å². The number of Topliss-reactive ketones (excluding diaryl/α,β-unsaturated/α-hetero) is 1. The molecule has 1 aliphatic heterocycles. The van der Waals surface area contributed by atoms with Crippen LogP contribution in [-0.4, -0.2) is 23.8 Å². The number of likely N-dealkylation sites (tertiary alicyclic amines) is 1. The number of allylic oxidation sites excluding steroid dienone is 2. The number of rotatable bonds is 1.